The highest BCUT2D eigenvalue weighted by Crippen LogP contribution is 2.57. The molecule has 1 aromatic heterocycles. The maximum Gasteiger partial charge on any atom is 0.333 e. The van der Waals surface area contributed by atoms with Crippen LogP contribution in [0.5, 0.6) is 0 Å². The number of aromatic nitrogens is 1. The summed E-state index contributed by atoms with van der Waals surface area (Å²) < 4.78 is 2.75. The summed E-state index contributed by atoms with van der Waals surface area (Å²) in [6, 6.07) is 72.3. The summed E-state index contributed by atoms with van der Waals surface area (Å²) >= 11 is 0. The van der Waals surface area contributed by atoms with Crippen molar-refractivity contribution in [1.29, 1.82) is 0 Å². The lowest BCUT2D eigenvalue weighted by atomic mass is 9.44. The van der Waals surface area contributed by atoms with Gasteiger partial charge in [0.1, 0.15) is 0 Å². The number of anilines is 3. The Kier molecular flexibility index (Phi) is 5.98. The first-order valence-electron chi connectivity index (χ1n) is 21.0. The fourth-order valence-electron chi connectivity index (χ4n) is 12.3. The first kappa shape index (κ1) is 32.1. The minimum atomic E-state index is -2.85. The zero-order valence-electron chi connectivity index (χ0n) is 32.9. The molecule has 0 saturated carbocycles. The normalized spacial score (nSPS) is 15.5. The average molecular weight is 765 g/mol. The van der Waals surface area contributed by atoms with Crippen LogP contribution in [0.3, 0.4) is 0 Å². The van der Waals surface area contributed by atoms with Gasteiger partial charge in [-0.3, -0.25) is 0 Å². The van der Waals surface area contributed by atoms with Gasteiger partial charge in [0.2, 0.25) is 0 Å². The predicted molar refractivity (Wildman–Crippen MR) is 252 cm³/mol. The zero-order chi connectivity index (χ0) is 38.8. The molecule has 0 N–H and O–H groups in total. The highest BCUT2D eigenvalue weighted by Gasteiger charge is 2.54. The van der Waals surface area contributed by atoms with E-state index in [-0.39, 0.29) is 12.3 Å². The molecule has 59 heavy (non-hydrogen) atoms. The molecule has 0 amide bonds. The third-order valence-electron chi connectivity index (χ3n) is 14.6. The molecule has 4 heterocycles. The Morgan fingerprint density at radius 3 is 1.93 bits per heavy atom. The molecule has 2 nitrogen and oxygen atoms in total. The maximum absolute atomic E-state index is 2.85. The van der Waals surface area contributed by atoms with Crippen molar-refractivity contribution in [1.82, 2.24) is 4.48 Å². The number of benzene rings is 9. The van der Waals surface area contributed by atoms with Gasteiger partial charge in [-0.2, -0.15) is 0 Å². The van der Waals surface area contributed by atoms with E-state index >= 15 is 0 Å². The summed E-state index contributed by atoms with van der Waals surface area (Å²) in [4.78, 5) is 2.71. The summed E-state index contributed by atoms with van der Waals surface area (Å²) in [5.41, 5.74) is 17.6. The molecule has 0 saturated heterocycles. The van der Waals surface area contributed by atoms with Crippen molar-refractivity contribution >= 4 is 96.2 Å². The highest BCUT2D eigenvalue weighted by molar-refractivity contribution is 7.21. The lowest BCUT2D eigenvalue weighted by molar-refractivity contribution is 0.660. The molecule has 0 bridgehead atoms. The first-order chi connectivity index (χ1) is 29.1. The predicted octanol–water partition coefficient (Wildman–Crippen LogP) is 9.36. The fourth-order valence-corrected chi connectivity index (χ4v) is 17.4. The Morgan fingerprint density at radius 2 is 1.14 bits per heavy atom. The van der Waals surface area contributed by atoms with Gasteiger partial charge < -0.3 is 9.38 Å². The molecule has 274 valence electrons. The molecule has 1 aliphatic carbocycles. The molecule has 4 aliphatic rings. The lowest BCUT2D eigenvalue weighted by Crippen LogP contribution is -2.78. The minimum Gasteiger partial charge on any atom is -0.375 e. The van der Waals surface area contributed by atoms with Gasteiger partial charge in [0.25, 0.3) is 0 Å². The number of nitrogens with zero attached hydrogens (tertiary/aromatic N) is 2. The van der Waals surface area contributed by atoms with Crippen LogP contribution in [0.4, 0.5) is 17.1 Å². The molecular weight excluding hydrogens is 728 g/mol. The Hall–Kier alpha value is -6.88. The van der Waals surface area contributed by atoms with Crippen LogP contribution in [-0.4, -0.2) is 19.4 Å². The van der Waals surface area contributed by atoms with E-state index < -0.39 is 8.07 Å². The summed E-state index contributed by atoms with van der Waals surface area (Å²) in [5, 5.41) is 10.9. The van der Waals surface area contributed by atoms with Gasteiger partial charge in [-0.25, -0.2) is 0 Å². The van der Waals surface area contributed by atoms with Gasteiger partial charge in [0.15, 0.2) is 8.07 Å². The Bertz CT molecular complexity index is 3450. The van der Waals surface area contributed by atoms with E-state index in [4.69, 9.17) is 0 Å². The molecule has 0 unspecified atom stereocenters. The van der Waals surface area contributed by atoms with Gasteiger partial charge in [-0.1, -0.05) is 178 Å². The molecule has 0 atom stereocenters. The molecule has 10 aromatic rings. The van der Waals surface area contributed by atoms with Crippen molar-refractivity contribution < 1.29 is 0 Å². The van der Waals surface area contributed by atoms with Crippen molar-refractivity contribution in [3.63, 3.8) is 0 Å². The van der Waals surface area contributed by atoms with Gasteiger partial charge in [-0.15, -0.1) is 0 Å². The van der Waals surface area contributed by atoms with Crippen molar-refractivity contribution in [3.8, 4) is 22.3 Å². The van der Waals surface area contributed by atoms with Crippen LogP contribution >= 0.6 is 0 Å². The van der Waals surface area contributed by atoms with E-state index in [2.05, 4.69) is 211 Å². The number of hydrogen-bond acceptors (Lipinski definition) is 1. The molecule has 9 aromatic carbocycles. The first-order valence-corrected chi connectivity index (χ1v) is 23.0. The summed E-state index contributed by atoms with van der Waals surface area (Å²) in [7, 11) is -2.85. The van der Waals surface area contributed by atoms with E-state index in [9.17, 15) is 0 Å². The summed E-state index contributed by atoms with van der Waals surface area (Å²) in [5.74, 6) is 0. The largest absolute Gasteiger partial charge is 0.375 e. The molecule has 0 spiro atoms. The third-order valence-corrected chi connectivity index (χ3v) is 19.4. The molecule has 3 aliphatic heterocycles. The number of hydrogen-bond donors (Lipinski definition) is 0. The second-order valence-electron chi connectivity index (χ2n) is 17.5. The van der Waals surface area contributed by atoms with Crippen molar-refractivity contribution in [2.75, 3.05) is 4.90 Å². The van der Waals surface area contributed by atoms with Crippen molar-refractivity contribution in [2.45, 2.75) is 19.3 Å². The molecular formula is C55H37BN2Si. The SMILES string of the molecule is CC1(C)c2ccccc2-c2c1cc1c3c2-c2cccc4c5cc6ccccc6cc5n(c24)B3c2cccc3c2N1c1ccccc1[Si]3(c1ccccc1)c1ccccc1. The standard InChI is InChI=1S/C55H37BN2Si/c1-55(2)42-26-12-11-23-39(42)50-43(55)33-47-52-51(50)40-25-15-24-38-41-31-34-17-9-10-18-35(34)32-46(41)58(53(38)40)56(52)44-27-16-30-49-54(44)57(47)45-28-13-14-29-48(45)59(49,36-19-5-3-6-20-36)37-21-7-4-8-22-37/h3-33H,1-2H3. The quantitative estimate of drug-likeness (QED) is 0.160. The second-order valence-corrected chi connectivity index (χ2v) is 21.3. The smallest absolute Gasteiger partial charge is 0.333 e. The molecule has 4 heteroatoms. The van der Waals surface area contributed by atoms with E-state index in [0.29, 0.717) is 0 Å². The number of fused-ring (bicyclic) bond motifs is 14. The second kappa shape index (κ2) is 11.0. The molecule has 0 fully saturated rings. The Labute approximate surface area is 344 Å². The van der Waals surface area contributed by atoms with Crippen LogP contribution in [0.15, 0.2) is 188 Å². The van der Waals surface area contributed by atoms with Gasteiger partial charge in [-0.05, 0) is 94.5 Å². The average Bonchev–Trinajstić information content (AvgIpc) is 3.73. The van der Waals surface area contributed by atoms with E-state index in [1.54, 1.807) is 0 Å². The van der Waals surface area contributed by atoms with Gasteiger partial charge >= 0.3 is 6.85 Å². The Morgan fingerprint density at radius 1 is 0.492 bits per heavy atom. The monoisotopic (exact) mass is 764 g/mol. The third kappa shape index (κ3) is 3.72. The summed E-state index contributed by atoms with van der Waals surface area (Å²) in [6.45, 7) is 4.84. The van der Waals surface area contributed by atoms with Crippen LogP contribution in [0, 0.1) is 0 Å². The molecule has 0 radical (unpaired) electrons. The van der Waals surface area contributed by atoms with Crippen LogP contribution in [-0.2, 0) is 5.41 Å². The zero-order valence-corrected chi connectivity index (χ0v) is 33.9. The Balaban J connectivity index is 1.22. The van der Waals surface area contributed by atoms with Crippen molar-refractivity contribution in [2.24, 2.45) is 0 Å². The van der Waals surface area contributed by atoms with Crippen LogP contribution in [0.2, 0.25) is 0 Å². The van der Waals surface area contributed by atoms with Crippen molar-refractivity contribution in [3.05, 3.63) is 199 Å². The van der Waals surface area contributed by atoms with Crippen LogP contribution in [0.1, 0.15) is 25.0 Å². The van der Waals surface area contributed by atoms with Crippen LogP contribution in [0.25, 0.3) is 54.8 Å². The summed E-state index contributed by atoms with van der Waals surface area (Å²) in [6.07, 6.45) is 0. The maximum atomic E-state index is 2.75. The minimum absolute atomic E-state index is 0.0352. The topological polar surface area (TPSA) is 8.17 Å². The van der Waals surface area contributed by atoms with Crippen LogP contribution < -0.4 is 36.6 Å². The van der Waals surface area contributed by atoms with E-state index in [1.165, 1.54) is 115 Å². The van der Waals surface area contributed by atoms with Gasteiger partial charge in [0.05, 0.1) is 0 Å². The van der Waals surface area contributed by atoms with E-state index in [1.807, 2.05) is 0 Å². The highest BCUT2D eigenvalue weighted by atomic mass is 28.3. The number of rotatable bonds is 2. The lowest BCUT2D eigenvalue weighted by Gasteiger charge is -2.50. The van der Waals surface area contributed by atoms with E-state index in [0.717, 1.165) is 0 Å². The van der Waals surface area contributed by atoms with Gasteiger partial charge in [0, 0.05) is 49.8 Å². The fraction of sp³-hybridized carbons (Fsp3) is 0.0545. The number of para-hydroxylation sites is 3. The molecule has 14 rings (SSSR count).